The highest BCUT2D eigenvalue weighted by Crippen LogP contribution is 2.18. The number of aromatic nitrogens is 2. The standard InChI is InChI=1S/C16H19N5O3/c1-12-3-2-4-13(9-12)11-19-5-7-20(8-6-19)16(22)15-14(21(23)24)10-17-18-15/h2-4,9-10H,5-8,11H2,1H3,(H,17,18). The van der Waals surface area contributed by atoms with Crippen molar-refractivity contribution in [1.29, 1.82) is 0 Å². The van der Waals surface area contributed by atoms with E-state index in [0.29, 0.717) is 13.1 Å². The van der Waals surface area contributed by atoms with Gasteiger partial charge in [-0.25, -0.2) is 0 Å². The molecule has 0 radical (unpaired) electrons. The van der Waals surface area contributed by atoms with E-state index in [1.54, 1.807) is 4.90 Å². The Morgan fingerprint density at radius 2 is 2.08 bits per heavy atom. The van der Waals surface area contributed by atoms with E-state index in [1.807, 2.05) is 6.07 Å². The first-order chi connectivity index (χ1) is 11.5. The van der Waals surface area contributed by atoms with Gasteiger partial charge in [0, 0.05) is 32.7 Å². The highest BCUT2D eigenvalue weighted by molar-refractivity contribution is 5.96. The van der Waals surface area contributed by atoms with E-state index in [1.165, 1.54) is 11.1 Å². The lowest BCUT2D eigenvalue weighted by molar-refractivity contribution is -0.385. The molecule has 0 aliphatic carbocycles. The number of hydrogen-bond donors (Lipinski definition) is 1. The van der Waals surface area contributed by atoms with Crippen molar-refractivity contribution in [3.63, 3.8) is 0 Å². The molecule has 8 heteroatoms. The Bertz CT molecular complexity index is 750. The lowest BCUT2D eigenvalue weighted by Gasteiger charge is -2.34. The van der Waals surface area contributed by atoms with Crippen LogP contribution in [0, 0.1) is 17.0 Å². The maximum atomic E-state index is 12.4. The number of nitrogens with one attached hydrogen (secondary N) is 1. The second-order valence-corrected chi connectivity index (χ2v) is 5.94. The quantitative estimate of drug-likeness (QED) is 0.679. The van der Waals surface area contributed by atoms with Gasteiger partial charge in [-0.05, 0) is 12.5 Å². The van der Waals surface area contributed by atoms with E-state index >= 15 is 0 Å². The molecule has 0 bridgehead atoms. The molecular formula is C16H19N5O3. The Balaban J connectivity index is 1.59. The summed E-state index contributed by atoms with van der Waals surface area (Å²) in [6.07, 6.45) is 1.07. The molecule has 0 saturated carbocycles. The van der Waals surface area contributed by atoms with Crippen LogP contribution in [0.25, 0.3) is 0 Å². The van der Waals surface area contributed by atoms with E-state index in [9.17, 15) is 14.9 Å². The van der Waals surface area contributed by atoms with Crippen LogP contribution in [0.4, 0.5) is 5.69 Å². The third kappa shape index (κ3) is 3.43. The summed E-state index contributed by atoms with van der Waals surface area (Å²) in [5.41, 5.74) is 2.15. The molecule has 3 rings (SSSR count). The third-order valence-corrected chi connectivity index (χ3v) is 4.18. The summed E-state index contributed by atoms with van der Waals surface area (Å²) in [6, 6.07) is 8.36. The number of carbonyl (C=O) groups excluding carboxylic acids is 1. The van der Waals surface area contributed by atoms with Gasteiger partial charge in [-0.3, -0.25) is 24.9 Å². The van der Waals surface area contributed by atoms with Crippen molar-refractivity contribution >= 4 is 11.6 Å². The number of nitro groups is 1. The number of aromatic amines is 1. The predicted molar refractivity (Wildman–Crippen MR) is 87.6 cm³/mol. The summed E-state index contributed by atoms with van der Waals surface area (Å²) < 4.78 is 0. The number of rotatable bonds is 4. The molecule has 1 N–H and O–H groups in total. The molecule has 0 spiro atoms. The van der Waals surface area contributed by atoms with Gasteiger partial charge in [0.1, 0.15) is 6.20 Å². The number of benzene rings is 1. The number of piperazine rings is 1. The lowest BCUT2D eigenvalue weighted by Crippen LogP contribution is -2.48. The SMILES string of the molecule is Cc1cccc(CN2CCN(C(=O)c3[nH]ncc3[N+](=O)[O-])CC2)c1. The second-order valence-electron chi connectivity index (χ2n) is 5.94. The summed E-state index contributed by atoms with van der Waals surface area (Å²) >= 11 is 0. The Morgan fingerprint density at radius 1 is 1.33 bits per heavy atom. The second kappa shape index (κ2) is 6.79. The van der Waals surface area contributed by atoms with Gasteiger partial charge in [0.05, 0.1) is 4.92 Å². The average molecular weight is 329 g/mol. The molecule has 0 unspecified atom stereocenters. The van der Waals surface area contributed by atoms with Gasteiger partial charge < -0.3 is 4.90 Å². The number of hydrogen-bond acceptors (Lipinski definition) is 5. The van der Waals surface area contributed by atoms with Crippen LogP contribution in [-0.4, -0.2) is 57.0 Å². The molecule has 1 saturated heterocycles. The predicted octanol–water partition coefficient (Wildman–Crippen LogP) is 1.58. The number of nitrogens with zero attached hydrogens (tertiary/aromatic N) is 4. The van der Waals surface area contributed by atoms with Crippen molar-refractivity contribution in [3.05, 3.63) is 57.4 Å². The summed E-state index contributed by atoms with van der Waals surface area (Å²) in [4.78, 5) is 26.7. The highest BCUT2D eigenvalue weighted by atomic mass is 16.6. The zero-order valence-electron chi connectivity index (χ0n) is 13.4. The van der Waals surface area contributed by atoms with Gasteiger partial charge in [0.15, 0.2) is 0 Å². The first-order valence-corrected chi connectivity index (χ1v) is 7.79. The molecular weight excluding hydrogens is 310 g/mol. The Labute approximate surface area is 139 Å². The zero-order chi connectivity index (χ0) is 17.1. The summed E-state index contributed by atoms with van der Waals surface area (Å²) in [7, 11) is 0. The minimum Gasteiger partial charge on any atom is -0.335 e. The first kappa shape index (κ1) is 16.1. The summed E-state index contributed by atoms with van der Waals surface area (Å²) in [6.45, 7) is 5.47. The monoisotopic (exact) mass is 329 g/mol. The largest absolute Gasteiger partial charge is 0.335 e. The van der Waals surface area contributed by atoms with Crippen LogP contribution < -0.4 is 0 Å². The molecule has 1 amide bonds. The van der Waals surface area contributed by atoms with Crippen LogP contribution in [-0.2, 0) is 6.54 Å². The fourth-order valence-electron chi connectivity index (χ4n) is 2.91. The smallest absolute Gasteiger partial charge is 0.319 e. The van der Waals surface area contributed by atoms with Crippen LogP contribution in [0.15, 0.2) is 30.5 Å². The molecule has 1 aliphatic rings. The van der Waals surface area contributed by atoms with Crippen molar-refractivity contribution in [2.45, 2.75) is 13.5 Å². The molecule has 2 aromatic rings. The molecule has 0 atom stereocenters. The van der Waals surface area contributed by atoms with Gasteiger partial charge in [0.25, 0.3) is 5.91 Å². The van der Waals surface area contributed by atoms with Crippen molar-refractivity contribution in [1.82, 2.24) is 20.0 Å². The van der Waals surface area contributed by atoms with Crippen LogP contribution in [0.2, 0.25) is 0 Å². The number of amides is 1. The van der Waals surface area contributed by atoms with Gasteiger partial charge >= 0.3 is 5.69 Å². The van der Waals surface area contributed by atoms with Gasteiger partial charge in [-0.2, -0.15) is 5.10 Å². The normalized spacial score (nSPS) is 15.5. The van der Waals surface area contributed by atoms with Crippen LogP contribution in [0.1, 0.15) is 21.6 Å². The van der Waals surface area contributed by atoms with E-state index in [0.717, 1.165) is 25.8 Å². The van der Waals surface area contributed by atoms with Crippen LogP contribution >= 0.6 is 0 Å². The van der Waals surface area contributed by atoms with Gasteiger partial charge in [-0.1, -0.05) is 29.8 Å². The molecule has 1 fully saturated rings. The maximum absolute atomic E-state index is 12.4. The minimum atomic E-state index is -0.593. The van der Waals surface area contributed by atoms with E-state index < -0.39 is 4.92 Å². The number of H-pyrrole nitrogens is 1. The lowest BCUT2D eigenvalue weighted by atomic mass is 10.1. The first-order valence-electron chi connectivity index (χ1n) is 7.79. The molecule has 2 heterocycles. The number of aryl methyl sites for hydroxylation is 1. The van der Waals surface area contributed by atoms with Gasteiger partial charge in [0.2, 0.25) is 5.69 Å². The zero-order valence-corrected chi connectivity index (χ0v) is 13.4. The topological polar surface area (TPSA) is 95.4 Å². The molecule has 126 valence electrons. The molecule has 1 aromatic heterocycles. The van der Waals surface area contributed by atoms with E-state index in [-0.39, 0.29) is 17.3 Å². The fourth-order valence-corrected chi connectivity index (χ4v) is 2.91. The van der Waals surface area contributed by atoms with Crippen molar-refractivity contribution in [2.24, 2.45) is 0 Å². The molecule has 1 aromatic carbocycles. The summed E-state index contributed by atoms with van der Waals surface area (Å²) in [5, 5.41) is 17.0. The molecule has 1 aliphatic heterocycles. The van der Waals surface area contributed by atoms with Crippen LogP contribution in [0.5, 0.6) is 0 Å². The molecule has 8 nitrogen and oxygen atoms in total. The third-order valence-electron chi connectivity index (χ3n) is 4.18. The van der Waals surface area contributed by atoms with E-state index in [2.05, 4.69) is 40.2 Å². The Morgan fingerprint density at radius 3 is 2.75 bits per heavy atom. The Kier molecular flexibility index (Phi) is 4.57. The number of carbonyl (C=O) groups is 1. The molecule has 24 heavy (non-hydrogen) atoms. The minimum absolute atomic E-state index is 0.0489. The maximum Gasteiger partial charge on any atom is 0.319 e. The van der Waals surface area contributed by atoms with Crippen molar-refractivity contribution in [2.75, 3.05) is 26.2 Å². The Hall–Kier alpha value is -2.74. The van der Waals surface area contributed by atoms with E-state index in [4.69, 9.17) is 0 Å². The average Bonchev–Trinajstić information content (AvgIpc) is 3.05. The fraction of sp³-hybridized carbons (Fsp3) is 0.375. The van der Waals surface area contributed by atoms with Crippen molar-refractivity contribution < 1.29 is 9.72 Å². The van der Waals surface area contributed by atoms with Gasteiger partial charge in [-0.15, -0.1) is 0 Å². The van der Waals surface area contributed by atoms with Crippen LogP contribution in [0.3, 0.4) is 0 Å². The summed E-state index contributed by atoms with van der Waals surface area (Å²) in [5.74, 6) is -0.366. The van der Waals surface area contributed by atoms with Crippen molar-refractivity contribution in [3.8, 4) is 0 Å². The highest BCUT2D eigenvalue weighted by Gasteiger charge is 2.29.